The van der Waals surface area contributed by atoms with Gasteiger partial charge in [-0.1, -0.05) is 0 Å². The van der Waals surface area contributed by atoms with Crippen molar-refractivity contribution in [1.82, 2.24) is 0 Å². The lowest BCUT2D eigenvalue weighted by Gasteiger charge is -2.07. The molecule has 4 nitrogen and oxygen atoms in total. The van der Waals surface area contributed by atoms with E-state index in [0.29, 0.717) is 0 Å². The van der Waals surface area contributed by atoms with Crippen molar-refractivity contribution in [3.05, 3.63) is 0 Å². The molecule has 0 aromatic heterocycles. The van der Waals surface area contributed by atoms with Crippen molar-refractivity contribution in [2.75, 3.05) is 14.2 Å². The minimum absolute atomic E-state index is 0.352. The van der Waals surface area contributed by atoms with E-state index in [0.717, 1.165) is 0 Å². The Morgan fingerprint density at radius 1 is 1.30 bits per heavy atom. The third kappa shape index (κ3) is 2.14. The summed E-state index contributed by atoms with van der Waals surface area (Å²) in [6, 6.07) is 0. The predicted molar refractivity (Wildman–Crippen MR) is 33.5 cm³/mol. The van der Waals surface area contributed by atoms with Crippen LogP contribution in [0.15, 0.2) is 0 Å². The van der Waals surface area contributed by atoms with Crippen LogP contribution in [0, 0.1) is 0 Å². The van der Waals surface area contributed by atoms with Crippen LogP contribution >= 0.6 is 0 Å². The van der Waals surface area contributed by atoms with Gasteiger partial charge in [0.25, 0.3) is 0 Å². The zero-order valence-electron chi connectivity index (χ0n) is 6.21. The van der Waals surface area contributed by atoms with Crippen LogP contribution in [0.2, 0.25) is 0 Å². The standard InChI is InChI=1S/C6H10O4/c1-4(7)5(9-2)6(8)10-3/h5H,1-3H3/t5-/m0/s1. The third-order valence-electron chi connectivity index (χ3n) is 1.02. The molecule has 0 radical (unpaired) electrons. The van der Waals surface area contributed by atoms with Gasteiger partial charge in [0.15, 0.2) is 5.78 Å². The van der Waals surface area contributed by atoms with Crippen molar-refractivity contribution >= 4 is 11.8 Å². The summed E-state index contributed by atoms with van der Waals surface area (Å²) in [4.78, 5) is 21.2. The van der Waals surface area contributed by atoms with Crippen molar-refractivity contribution in [3.8, 4) is 0 Å². The maximum Gasteiger partial charge on any atom is 0.342 e. The SMILES string of the molecule is COC(=O)[C@@H](OC)C(C)=O. The monoisotopic (exact) mass is 146 g/mol. The molecule has 0 bridgehead atoms. The molecule has 0 aromatic rings. The molecule has 0 amide bonds. The number of ketones is 1. The summed E-state index contributed by atoms with van der Waals surface area (Å²) in [6.07, 6.45) is -1.06. The number of esters is 1. The van der Waals surface area contributed by atoms with E-state index in [4.69, 9.17) is 0 Å². The summed E-state index contributed by atoms with van der Waals surface area (Å²) >= 11 is 0. The second-order valence-corrected chi connectivity index (χ2v) is 1.75. The minimum atomic E-state index is -1.06. The van der Waals surface area contributed by atoms with Crippen LogP contribution in [0.5, 0.6) is 0 Å². The quantitative estimate of drug-likeness (QED) is 0.407. The molecule has 10 heavy (non-hydrogen) atoms. The van der Waals surface area contributed by atoms with Crippen molar-refractivity contribution in [1.29, 1.82) is 0 Å². The van der Waals surface area contributed by atoms with Crippen LogP contribution in [0.25, 0.3) is 0 Å². The third-order valence-corrected chi connectivity index (χ3v) is 1.02. The van der Waals surface area contributed by atoms with Crippen molar-refractivity contribution in [2.24, 2.45) is 0 Å². The number of methoxy groups -OCH3 is 2. The molecule has 0 unspecified atom stereocenters. The van der Waals surface area contributed by atoms with Crippen molar-refractivity contribution < 1.29 is 19.1 Å². The zero-order chi connectivity index (χ0) is 8.15. The van der Waals surface area contributed by atoms with E-state index in [1.807, 2.05) is 0 Å². The molecule has 0 aromatic carbocycles. The second-order valence-electron chi connectivity index (χ2n) is 1.75. The molecule has 0 N–H and O–H groups in total. The molecule has 1 atom stereocenters. The van der Waals surface area contributed by atoms with E-state index >= 15 is 0 Å². The van der Waals surface area contributed by atoms with Crippen LogP contribution < -0.4 is 0 Å². The fraction of sp³-hybridized carbons (Fsp3) is 0.667. The first-order chi connectivity index (χ1) is 4.63. The largest absolute Gasteiger partial charge is 0.467 e. The van der Waals surface area contributed by atoms with Crippen LogP contribution in [-0.2, 0) is 19.1 Å². The van der Waals surface area contributed by atoms with E-state index in [1.165, 1.54) is 21.1 Å². The fourth-order valence-corrected chi connectivity index (χ4v) is 0.535. The van der Waals surface area contributed by atoms with Gasteiger partial charge < -0.3 is 9.47 Å². The van der Waals surface area contributed by atoms with Gasteiger partial charge in [-0.3, -0.25) is 4.79 Å². The number of rotatable bonds is 3. The smallest absolute Gasteiger partial charge is 0.342 e. The average Bonchev–Trinajstić information content (AvgIpc) is 1.88. The van der Waals surface area contributed by atoms with E-state index in [9.17, 15) is 9.59 Å². The van der Waals surface area contributed by atoms with Crippen LogP contribution in [-0.4, -0.2) is 32.1 Å². The summed E-state index contributed by atoms with van der Waals surface area (Å²) in [6.45, 7) is 1.27. The van der Waals surface area contributed by atoms with E-state index < -0.39 is 12.1 Å². The Balaban J connectivity index is 4.06. The number of Topliss-reactive ketones (excluding diaryl/α,β-unsaturated/α-hetero) is 1. The Bertz CT molecular complexity index is 141. The Morgan fingerprint density at radius 2 is 1.80 bits per heavy atom. The minimum Gasteiger partial charge on any atom is -0.467 e. The molecule has 0 aliphatic carbocycles. The van der Waals surface area contributed by atoms with Gasteiger partial charge in [0, 0.05) is 7.11 Å². The van der Waals surface area contributed by atoms with Gasteiger partial charge in [-0.2, -0.15) is 0 Å². The summed E-state index contributed by atoms with van der Waals surface area (Å²) in [5.41, 5.74) is 0. The highest BCUT2D eigenvalue weighted by atomic mass is 16.6. The zero-order valence-corrected chi connectivity index (χ0v) is 6.21. The molecular weight excluding hydrogens is 136 g/mol. The molecule has 0 saturated carbocycles. The number of carbonyl (C=O) groups is 2. The highest BCUT2D eigenvalue weighted by molar-refractivity contribution is 6.00. The Hall–Kier alpha value is -0.900. The first-order valence-corrected chi connectivity index (χ1v) is 2.74. The molecular formula is C6H10O4. The highest BCUT2D eigenvalue weighted by Gasteiger charge is 2.22. The average molecular weight is 146 g/mol. The van der Waals surface area contributed by atoms with Crippen LogP contribution in [0.3, 0.4) is 0 Å². The second kappa shape index (κ2) is 4.00. The topological polar surface area (TPSA) is 52.6 Å². The van der Waals surface area contributed by atoms with Crippen molar-refractivity contribution in [3.63, 3.8) is 0 Å². The van der Waals surface area contributed by atoms with Gasteiger partial charge in [0.05, 0.1) is 7.11 Å². The molecule has 0 aliphatic heterocycles. The van der Waals surface area contributed by atoms with Gasteiger partial charge in [0.1, 0.15) is 0 Å². The summed E-state index contributed by atoms with van der Waals surface area (Å²) in [5.74, 6) is -1.01. The van der Waals surface area contributed by atoms with Gasteiger partial charge in [0.2, 0.25) is 6.10 Å². The van der Waals surface area contributed by atoms with Gasteiger partial charge in [-0.25, -0.2) is 4.79 Å². The van der Waals surface area contributed by atoms with Gasteiger partial charge in [-0.05, 0) is 6.92 Å². The van der Waals surface area contributed by atoms with Gasteiger partial charge >= 0.3 is 5.97 Å². The molecule has 0 saturated heterocycles. The predicted octanol–water partition coefficient (Wildman–Crippen LogP) is -0.237. The van der Waals surface area contributed by atoms with Crippen LogP contribution in [0.1, 0.15) is 6.92 Å². The lowest BCUT2D eigenvalue weighted by atomic mass is 10.2. The Labute approximate surface area is 59.1 Å². The number of hydrogen-bond donors (Lipinski definition) is 0. The Kier molecular flexibility index (Phi) is 3.64. The van der Waals surface area contributed by atoms with Crippen molar-refractivity contribution in [2.45, 2.75) is 13.0 Å². The number of carbonyl (C=O) groups excluding carboxylic acids is 2. The maximum absolute atomic E-state index is 10.6. The fourth-order valence-electron chi connectivity index (χ4n) is 0.535. The lowest BCUT2D eigenvalue weighted by Crippen LogP contribution is -2.31. The summed E-state index contributed by atoms with van der Waals surface area (Å²) in [5, 5.41) is 0. The van der Waals surface area contributed by atoms with E-state index in [2.05, 4.69) is 9.47 Å². The summed E-state index contributed by atoms with van der Waals surface area (Å²) < 4.78 is 8.82. The molecule has 0 fully saturated rings. The Morgan fingerprint density at radius 3 is 1.90 bits per heavy atom. The van der Waals surface area contributed by atoms with Gasteiger partial charge in [-0.15, -0.1) is 0 Å². The highest BCUT2D eigenvalue weighted by Crippen LogP contribution is 1.93. The molecule has 0 spiro atoms. The normalized spacial score (nSPS) is 12.3. The summed E-state index contributed by atoms with van der Waals surface area (Å²) in [7, 11) is 2.49. The molecule has 58 valence electrons. The first kappa shape index (κ1) is 9.10. The molecule has 0 rings (SSSR count). The number of hydrogen-bond acceptors (Lipinski definition) is 4. The van der Waals surface area contributed by atoms with E-state index in [-0.39, 0.29) is 5.78 Å². The number of ether oxygens (including phenoxy) is 2. The lowest BCUT2D eigenvalue weighted by molar-refractivity contribution is -0.156. The molecule has 0 heterocycles. The molecule has 4 heteroatoms. The maximum atomic E-state index is 10.6. The molecule has 0 aliphatic rings. The van der Waals surface area contributed by atoms with E-state index in [1.54, 1.807) is 0 Å². The first-order valence-electron chi connectivity index (χ1n) is 2.74. The van der Waals surface area contributed by atoms with Crippen LogP contribution in [0.4, 0.5) is 0 Å².